The zero-order chi connectivity index (χ0) is 15.8. The second-order valence-corrected chi connectivity index (χ2v) is 6.64. The van der Waals surface area contributed by atoms with E-state index in [-0.39, 0.29) is 5.41 Å². The van der Waals surface area contributed by atoms with Gasteiger partial charge in [-0.25, -0.2) is 14.6 Å². The minimum atomic E-state index is -0.154. The maximum atomic E-state index is 6.32. The van der Waals surface area contributed by atoms with E-state index >= 15 is 0 Å². The number of hydrogen-bond acceptors (Lipinski definition) is 3. The standard InChI is InChI=1S/C16H23ClN4/c1-7-11-9-12(8-2)21(20-11)14-10(3)13(17)18-15(19-14)16(4,5)6/h9H,7-8H2,1-6H3. The molecular formula is C16H23ClN4. The predicted octanol–water partition coefficient (Wildman–Crippen LogP) is 4.05. The smallest absolute Gasteiger partial charge is 0.161 e. The summed E-state index contributed by atoms with van der Waals surface area (Å²) in [4.78, 5) is 9.16. The van der Waals surface area contributed by atoms with Gasteiger partial charge in [0.25, 0.3) is 0 Å². The zero-order valence-electron chi connectivity index (χ0n) is 13.7. The van der Waals surface area contributed by atoms with E-state index in [0.717, 1.165) is 41.4 Å². The summed E-state index contributed by atoms with van der Waals surface area (Å²) in [6, 6.07) is 2.13. The lowest BCUT2D eigenvalue weighted by Crippen LogP contribution is -2.19. The highest BCUT2D eigenvalue weighted by molar-refractivity contribution is 6.30. The summed E-state index contributed by atoms with van der Waals surface area (Å²) in [6.45, 7) is 12.4. The Morgan fingerprint density at radius 2 is 1.81 bits per heavy atom. The lowest BCUT2D eigenvalue weighted by Gasteiger charge is -2.19. The van der Waals surface area contributed by atoms with E-state index in [1.807, 2.05) is 11.6 Å². The van der Waals surface area contributed by atoms with Crippen LogP contribution in [0.15, 0.2) is 6.07 Å². The first-order valence-corrected chi connectivity index (χ1v) is 7.78. The zero-order valence-corrected chi connectivity index (χ0v) is 14.4. The normalized spacial score (nSPS) is 12.0. The molecule has 0 N–H and O–H groups in total. The Labute approximate surface area is 131 Å². The van der Waals surface area contributed by atoms with Crippen LogP contribution >= 0.6 is 11.6 Å². The second kappa shape index (κ2) is 5.76. The summed E-state index contributed by atoms with van der Waals surface area (Å²) in [7, 11) is 0. The lowest BCUT2D eigenvalue weighted by molar-refractivity contribution is 0.540. The van der Waals surface area contributed by atoms with Crippen molar-refractivity contribution in [3.8, 4) is 5.82 Å². The molecule has 0 bridgehead atoms. The van der Waals surface area contributed by atoms with Crippen LogP contribution in [0.1, 0.15) is 57.4 Å². The molecular weight excluding hydrogens is 284 g/mol. The van der Waals surface area contributed by atoms with E-state index in [0.29, 0.717) is 5.15 Å². The van der Waals surface area contributed by atoms with Gasteiger partial charge in [0.05, 0.1) is 5.69 Å². The summed E-state index contributed by atoms with van der Waals surface area (Å²) in [5, 5.41) is 5.16. The first-order chi connectivity index (χ1) is 9.77. The van der Waals surface area contributed by atoms with Gasteiger partial charge in [-0.2, -0.15) is 5.10 Å². The van der Waals surface area contributed by atoms with Crippen LogP contribution in [0, 0.1) is 6.92 Å². The molecule has 2 aromatic rings. The van der Waals surface area contributed by atoms with Crippen LogP contribution in [-0.2, 0) is 18.3 Å². The molecule has 0 aliphatic rings. The van der Waals surface area contributed by atoms with Crippen molar-refractivity contribution in [3.05, 3.63) is 34.0 Å². The number of aromatic nitrogens is 4. The molecule has 0 spiro atoms. The van der Waals surface area contributed by atoms with Crippen molar-refractivity contribution in [3.63, 3.8) is 0 Å². The Balaban J connectivity index is 2.68. The molecule has 21 heavy (non-hydrogen) atoms. The maximum absolute atomic E-state index is 6.32. The van der Waals surface area contributed by atoms with Gasteiger partial charge in [-0.1, -0.05) is 46.2 Å². The molecule has 0 unspecified atom stereocenters. The molecule has 0 radical (unpaired) electrons. The molecule has 0 aliphatic carbocycles. The van der Waals surface area contributed by atoms with E-state index in [2.05, 4.69) is 50.8 Å². The van der Waals surface area contributed by atoms with E-state index in [9.17, 15) is 0 Å². The van der Waals surface area contributed by atoms with Crippen molar-refractivity contribution in [1.29, 1.82) is 0 Å². The fourth-order valence-corrected chi connectivity index (χ4v) is 2.27. The Hall–Kier alpha value is -1.42. The highest BCUT2D eigenvalue weighted by Gasteiger charge is 2.22. The van der Waals surface area contributed by atoms with Gasteiger partial charge in [-0.3, -0.25) is 0 Å². The molecule has 0 fully saturated rings. The van der Waals surface area contributed by atoms with Gasteiger partial charge in [0.1, 0.15) is 11.0 Å². The molecule has 5 heteroatoms. The number of nitrogens with zero attached hydrogens (tertiary/aromatic N) is 4. The minimum Gasteiger partial charge on any atom is -0.220 e. The molecule has 0 aliphatic heterocycles. The number of rotatable bonds is 3. The molecule has 2 rings (SSSR count). The summed E-state index contributed by atoms with van der Waals surface area (Å²) < 4.78 is 1.91. The molecule has 0 saturated heterocycles. The van der Waals surface area contributed by atoms with Gasteiger partial charge in [0, 0.05) is 16.7 Å². The predicted molar refractivity (Wildman–Crippen MR) is 86.4 cm³/mol. The van der Waals surface area contributed by atoms with Crippen LogP contribution in [0.2, 0.25) is 5.15 Å². The molecule has 0 saturated carbocycles. The number of halogens is 1. The first kappa shape index (κ1) is 16.0. The third kappa shape index (κ3) is 3.10. The quantitative estimate of drug-likeness (QED) is 0.804. The number of aryl methyl sites for hydroxylation is 2. The Kier molecular flexibility index (Phi) is 4.38. The monoisotopic (exact) mass is 306 g/mol. The van der Waals surface area contributed by atoms with Gasteiger partial charge in [0.2, 0.25) is 0 Å². The summed E-state index contributed by atoms with van der Waals surface area (Å²) >= 11 is 6.32. The fourth-order valence-electron chi connectivity index (χ4n) is 2.10. The van der Waals surface area contributed by atoms with Crippen LogP contribution < -0.4 is 0 Å². The Bertz CT molecular complexity index is 653. The molecule has 4 nitrogen and oxygen atoms in total. The van der Waals surface area contributed by atoms with E-state index in [1.54, 1.807) is 0 Å². The molecule has 0 aromatic carbocycles. The molecule has 2 heterocycles. The van der Waals surface area contributed by atoms with E-state index < -0.39 is 0 Å². The van der Waals surface area contributed by atoms with Gasteiger partial charge in [0.15, 0.2) is 5.82 Å². The highest BCUT2D eigenvalue weighted by atomic mass is 35.5. The van der Waals surface area contributed by atoms with Crippen LogP contribution in [0.4, 0.5) is 0 Å². The van der Waals surface area contributed by atoms with Crippen LogP contribution in [0.5, 0.6) is 0 Å². The third-order valence-electron chi connectivity index (χ3n) is 3.49. The maximum Gasteiger partial charge on any atom is 0.161 e. The number of hydrogen-bond donors (Lipinski definition) is 0. The summed E-state index contributed by atoms with van der Waals surface area (Å²) in [5.41, 5.74) is 2.92. The topological polar surface area (TPSA) is 43.6 Å². The summed E-state index contributed by atoms with van der Waals surface area (Å²) in [6.07, 6.45) is 1.81. The van der Waals surface area contributed by atoms with Crippen molar-refractivity contribution >= 4 is 11.6 Å². The van der Waals surface area contributed by atoms with Crippen molar-refractivity contribution in [2.45, 2.75) is 59.8 Å². The average molecular weight is 307 g/mol. The largest absolute Gasteiger partial charge is 0.220 e. The van der Waals surface area contributed by atoms with Crippen molar-refractivity contribution in [2.75, 3.05) is 0 Å². The van der Waals surface area contributed by atoms with Crippen LogP contribution in [0.3, 0.4) is 0 Å². The molecule has 0 atom stereocenters. The first-order valence-electron chi connectivity index (χ1n) is 7.40. The molecule has 0 amide bonds. The van der Waals surface area contributed by atoms with Gasteiger partial charge >= 0.3 is 0 Å². The minimum absolute atomic E-state index is 0.154. The van der Waals surface area contributed by atoms with E-state index in [4.69, 9.17) is 16.6 Å². The lowest BCUT2D eigenvalue weighted by atomic mass is 9.95. The van der Waals surface area contributed by atoms with Gasteiger partial charge in [-0.15, -0.1) is 0 Å². The van der Waals surface area contributed by atoms with Crippen LogP contribution in [-0.4, -0.2) is 19.7 Å². The van der Waals surface area contributed by atoms with Crippen LogP contribution in [0.25, 0.3) is 5.82 Å². The van der Waals surface area contributed by atoms with Crippen molar-refractivity contribution < 1.29 is 0 Å². The SMILES string of the molecule is CCc1cc(CC)n(-c2nc(C(C)(C)C)nc(Cl)c2C)n1. The van der Waals surface area contributed by atoms with Crippen molar-refractivity contribution in [1.82, 2.24) is 19.7 Å². The van der Waals surface area contributed by atoms with Crippen molar-refractivity contribution in [2.24, 2.45) is 0 Å². The third-order valence-corrected chi connectivity index (χ3v) is 3.86. The Morgan fingerprint density at radius 1 is 1.14 bits per heavy atom. The van der Waals surface area contributed by atoms with E-state index in [1.165, 1.54) is 0 Å². The molecule has 2 aromatic heterocycles. The molecule has 114 valence electrons. The highest BCUT2D eigenvalue weighted by Crippen LogP contribution is 2.26. The Morgan fingerprint density at radius 3 is 2.33 bits per heavy atom. The fraction of sp³-hybridized carbons (Fsp3) is 0.562. The summed E-state index contributed by atoms with van der Waals surface area (Å²) in [5.74, 6) is 1.53. The van der Waals surface area contributed by atoms with Gasteiger partial charge in [-0.05, 0) is 25.8 Å². The second-order valence-electron chi connectivity index (χ2n) is 6.28. The average Bonchev–Trinajstić information content (AvgIpc) is 2.83. The van der Waals surface area contributed by atoms with Gasteiger partial charge < -0.3 is 0 Å².